The molecule has 0 aliphatic heterocycles. The zero-order valence-electron chi connectivity index (χ0n) is 12.5. The lowest BCUT2D eigenvalue weighted by Crippen LogP contribution is -2.27. The van der Waals surface area contributed by atoms with Crippen molar-refractivity contribution >= 4 is 5.69 Å². The van der Waals surface area contributed by atoms with Gasteiger partial charge in [0, 0.05) is 25.4 Å². The lowest BCUT2D eigenvalue weighted by Gasteiger charge is -2.20. The quantitative estimate of drug-likeness (QED) is 0.697. The van der Waals surface area contributed by atoms with Crippen LogP contribution in [0.3, 0.4) is 0 Å². The summed E-state index contributed by atoms with van der Waals surface area (Å²) >= 11 is 0. The van der Waals surface area contributed by atoms with Crippen molar-refractivity contribution in [2.75, 3.05) is 39.2 Å². The maximum absolute atomic E-state index is 5.53. The van der Waals surface area contributed by atoms with Crippen molar-refractivity contribution in [1.82, 2.24) is 4.90 Å². The maximum atomic E-state index is 5.53. The van der Waals surface area contributed by atoms with Gasteiger partial charge in [-0.2, -0.15) is 0 Å². The minimum absolute atomic E-state index is 0.192. The lowest BCUT2D eigenvalue weighted by molar-refractivity contribution is -0.126. The van der Waals surface area contributed by atoms with Gasteiger partial charge in [-0.1, -0.05) is 18.2 Å². The van der Waals surface area contributed by atoms with Gasteiger partial charge in [0.05, 0.1) is 6.54 Å². The molecule has 0 spiro atoms. The molecule has 1 aromatic carbocycles. The number of nitrogens with zero attached hydrogens (tertiary/aromatic N) is 1. The molecule has 0 bridgehead atoms. The van der Waals surface area contributed by atoms with E-state index in [-0.39, 0.29) is 6.29 Å². The van der Waals surface area contributed by atoms with E-state index in [1.54, 1.807) is 0 Å². The van der Waals surface area contributed by atoms with E-state index in [2.05, 4.69) is 42.5 Å². The zero-order chi connectivity index (χ0) is 14.1. The second-order valence-electron chi connectivity index (χ2n) is 4.62. The third-order valence-corrected chi connectivity index (χ3v) is 2.67. The number of rotatable bonds is 9. The normalized spacial score (nSPS) is 11.3. The Morgan fingerprint density at radius 2 is 1.74 bits per heavy atom. The predicted molar refractivity (Wildman–Crippen MR) is 79.4 cm³/mol. The number of hydrogen-bond acceptors (Lipinski definition) is 4. The minimum Gasteiger partial charge on any atom is -0.380 e. The molecule has 0 radical (unpaired) electrons. The molecule has 0 saturated carbocycles. The SMILES string of the molecule is CCOC(CNc1ccccc1CN(C)C)OCC. The molecule has 0 amide bonds. The van der Waals surface area contributed by atoms with Gasteiger partial charge >= 0.3 is 0 Å². The zero-order valence-corrected chi connectivity index (χ0v) is 12.5. The van der Waals surface area contributed by atoms with Crippen molar-refractivity contribution in [3.8, 4) is 0 Å². The predicted octanol–water partition coefficient (Wildman–Crippen LogP) is 2.56. The van der Waals surface area contributed by atoms with E-state index in [0.29, 0.717) is 19.8 Å². The summed E-state index contributed by atoms with van der Waals surface area (Å²) in [5.74, 6) is 0. The Hall–Kier alpha value is -1.10. The van der Waals surface area contributed by atoms with Gasteiger partial charge < -0.3 is 19.7 Å². The van der Waals surface area contributed by atoms with Gasteiger partial charge in [0.15, 0.2) is 6.29 Å². The molecule has 0 saturated heterocycles. The smallest absolute Gasteiger partial charge is 0.174 e. The number of ether oxygens (including phenoxy) is 2. The van der Waals surface area contributed by atoms with Crippen molar-refractivity contribution < 1.29 is 9.47 Å². The third kappa shape index (κ3) is 6.05. The van der Waals surface area contributed by atoms with Crippen LogP contribution >= 0.6 is 0 Å². The summed E-state index contributed by atoms with van der Waals surface area (Å²) in [6, 6.07) is 8.33. The molecule has 19 heavy (non-hydrogen) atoms. The Morgan fingerprint density at radius 3 is 2.32 bits per heavy atom. The number of anilines is 1. The highest BCUT2D eigenvalue weighted by atomic mass is 16.7. The fraction of sp³-hybridized carbons (Fsp3) is 0.600. The van der Waals surface area contributed by atoms with E-state index in [1.807, 2.05) is 19.9 Å². The Bertz CT molecular complexity index is 350. The van der Waals surface area contributed by atoms with Crippen LogP contribution in [-0.2, 0) is 16.0 Å². The Kier molecular flexibility index (Phi) is 7.48. The van der Waals surface area contributed by atoms with Crippen molar-refractivity contribution in [2.24, 2.45) is 0 Å². The highest BCUT2D eigenvalue weighted by molar-refractivity contribution is 5.51. The summed E-state index contributed by atoms with van der Waals surface area (Å²) in [5.41, 5.74) is 2.42. The molecular weight excluding hydrogens is 240 g/mol. The first-order valence-corrected chi connectivity index (χ1v) is 6.87. The topological polar surface area (TPSA) is 33.7 Å². The second-order valence-corrected chi connectivity index (χ2v) is 4.62. The average molecular weight is 266 g/mol. The highest BCUT2D eigenvalue weighted by Gasteiger charge is 2.09. The van der Waals surface area contributed by atoms with E-state index >= 15 is 0 Å². The lowest BCUT2D eigenvalue weighted by atomic mass is 10.1. The number of benzene rings is 1. The van der Waals surface area contributed by atoms with Gasteiger partial charge in [0.2, 0.25) is 0 Å². The fourth-order valence-corrected chi connectivity index (χ4v) is 1.90. The average Bonchev–Trinajstić information content (AvgIpc) is 2.37. The van der Waals surface area contributed by atoms with E-state index in [1.165, 1.54) is 5.56 Å². The van der Waals surface area contributed by atoms with Gasteiger partial charge in [0.25, 0.3) is 0 Å². The van der Waals surface area contributed by atoms with Crippen molar-refractivity contribution in [2.45, 2.75) is 26.7 Å². The molecule has 0 aliphatic carbocycles. The van der Waals surface area contributed by atoms with Crippen LogP contribution in [0.4, 0.5) is 5.69 Å². The molecule has 1 rings (SSSR count). The van der Waals surface area contributed by atoms with Gasteiger partial charge in [-0.05, 0) is 39.6 Å². The molecular formula is C15H26N2O2. The largest absolute Gasteiger partial charge is 0.380 e. The molecule has 1 N–H and O–H groups in total. The van der Waals surface area contributed by atoms with Crippen molar-refractivity contribution in [3.05, 3.63) is 29.8 Å². The molecule has 0 aromatic heterocycles. The minimum atomic E-state index is -0.192. The molecule has 0 fully saturated rings. The van der Waals surface area contributed by atoms with Crippen LogP contribution in [0.25, 0.3) is 0 Å². The van der Waals surface area contributed by atoms with Crippen LogP contribution in [0.5, 0.6) is 0 Å². The first kappa shape index (κ1) is 16.0. The van der Waals surface area contributed by atoms with Crippen molar-refractivity contribution in [1.29, 1.82) is 0 Å². The summed E-state index contributed by atoms with van der Waals surface area (Å²) in [6.07, 6.45) is -0.192. The summed E-state index contributed by atoms with van der Waals surface area (Å²) in [6.45, 7) is 6.85. The van der Waals surface area contributed by atoms with Crippen LogP contribution < -0.4 is 5.32 Å². The summed E-state index contributed by atoms with van der Waals surface area (Å²) in [4.78, 5) is 2.16. The first-order valence-electron chi connectivity index (χ1n) is 6.87. The van der Waals surface area contributed by atoms with Crippen LogP contribution in [0.15, 0.2) is 24.3 Å². The van der Waals surface area contributed by atoms with E-state index in [0.717, 1.165) is 12.2 Å². The summed E-state index contributed by atoms with van der Waals surface area (Å²) in [7, 11) is 4.14. The van der Waals surface area contributed by atoms with E-state index < -0.39 is 0 Å². The van der Waals surface area contributed by atoms with Crippen LogP contribution in [0.2, 0.25) is 0 Å². The molecule has 0 heterocycles. The van der Waals surface area contributed by atoms with Crippen LogP contribution in [0.1, 0.15) is 19.4 Å². The Balaban J connectivity index is 2.59. The summed E-state index contributed by atoms with van der Waals surface area (Å²) < 4.78 is 11.1. The number of para-hydroxylation sites is 1. The maximum Gasteiger partial charge on any atom is 0.174 e. The van der Waals surface area contributed by atoms with Gasteiger partial charge in [-0.25, -0.2) is 0 Å². The fourth-order valence-electron chi connectivity index (χ4n) is 1.90. The molecule has 4 nitrogen and oxygen atoms in total. The van der Waals surface area contributed by atoms with E-state index in [9.17, 15) is 0 Å². The number of nitrogens with one attached hydrogen (secondary N) is 1. The van der Waals surface area contributed by atoms with Crippen LogP contribution in [-0.4, -0.2) is 45.0 Å². The molecule has 1 aromatic rings. The summed E-state index contributed by atoms with van der Waals surface area (Å²) in [5, 5.41) is 3.41. The first-order chi connectivity index (χ1) is 9.17. The van der Waals surface area contributed by atoms with Gasteiger partial charge in [0.1, 0.15) is 0 Å². The molecule has 4 heteroatoms. The molecule has 0 unspecified atom stereocenters. The Morgan fingerprint density at radius 1 is 1.11 bits per heavy atom. The standard InChI is InChI=1S/C15H26N2O2/c1-5-18-15(19-6-2)11-16-14-10-8-7-9-13(14)12-17(3)4/h7-10,15-16H,5-6,11-12H2,1-4H3. The Labute approximate surface area is 116 Å². The van der Waals surface area contributed by atoms with Gasteiger partial charge in [-0.15, -0.1) is 0 Å². The number of hydrogen-bond donors (Lipinski definition) is 1. The van der Waals surface area contributed by atoms with Gasteiger partial charge in [-0.3, -0.25) is 0 Å². The molecule has 0 atom stereocenters. The molecule has 0 aliphatic rings. The van der Waals surface area contributed by atoms with E-state index in [4.69, 9.17) is 9.47 Å². The third-order valence-electron chi connectivity index (χ3n) is 2.67. The highest BCUT2D eigenvalue weighted by Crippen LogP contribution is 2.16. The van der Waals surface area contributed by atoms with Crippen molar-refractivity contribution in [3.63, 3.8) is 0 Å². The van der Waals surface area contributed by atoms with Crippen LogP contribution in [0, 0.1) is 0 Å². The molecule has 108 valence electrons. The monoisotopic (exact) mass is 266 g/mol. The second kappa shape index (κ2) is 8.91.